The summed E-state index contributed by atoms with van der Waals surface area (Å²) in [6.07, 6.45) is -2.47. The van der Waals surface area contributed by atoms with Crippen LogP contribution in [0.15, 0.2) is 29.2 Å². The van der Waals surface area contributed by atoms with Gasteiger partial charge in [-0.1, -0.05) is 25.5 Å². The van der Waals surface area contributed by atoms with E-state index in [-0.39, 0.29) is 18.4 Å². The van der Waals surface area contributed by atoms with Crippen LogP contribution in [0.2, 0.25) is 0 Å². The van der Waals surface area contributed by atoms with Gasteiger partial charge in [-0.3, -0.25) is 4.79 Å². The molecule has 0 aromatic heterocycles. The predicted octanol–water partition coefficient (Wildman–Crippen LogP) is 3.80. The number of halogens is 3. The Hall–Kier alpha value is -1.21. The Morgan fingerprint density at radius 1 is 1.38 bits per heavy atom. The van der Waals surface area contributed by atoms with E-state index >= 15 is 0 Å². The van der Waals surface area contributed by atoms with Gasteiger partial charge in [-0.15, -0.1) is 11.8 Å². The van der Waals surface area contributed by atoms with Crippen molar-refractivity contribution in [3.05, 3.63) is 24.3 Å². The van der Waals surface area contributed by atoms with Crippen LogP contribution in [0.5, 0.6) is 0 Å². The molecule has 0 spiro atoms. The van der Waals surface area contributed by atoms with E-state index in [4.69, 9.17) is 5.73 Å². The molecule has 0 aliphatic carbocycles. The summed E-state index contributed by atoms with van der Waals surface area (Å²) >= 11 is 0.654. The number of thioether (sulfide) groups is 1. The van der Waals surface area contributed by atoms with Crippen LogP contribution >= 0.6 is 11.8 Å². The second kappa shape index (κ2) is 8.29. The molecular weight excluding hydrogens is 301 g/mol. The van der Waals surface area contributed by atoms with Gasteiger partial charge >= 0.3 is 6.18 Å². The summed E-state index contributed by atoms with van der Waals surface area (Å²) in [5.74, 6) is -1.27. The van der Waals surface area contributed by atoms with Crippen LogP contribution in [0, 0.1) is 0 Å². The Morgan fingerprint density at radius 3 is 2.67 bits per heavy atom. The lowest BCUT2D eigenvalue weighted by Crippen LogP contribution is -2.27. The number of amides is 1. The molecule has 3 N–H and O–H groups in total. The van der Waals surface area contributed by atoms with Crippen LogP contribution in [0.25, 0.3) is 0 Å². The zero-order valence-corrected chi connectivity index (χ0v) is 12.6. The summed E-state index contributed by atoms with van der Waals surface area (Å²) in [5, 5.41) is 2.63. The highest BCUT2D eigenvalue weighted by Crippen LogP contribution is 2.32. The molecule has 0 aliphatic rings. The first-order valence-electron chi connectivity index (χ1n) is 6.66. The van der Waals surface area contributed by atoms with E-state index in [2.05, 4.69) is 5.32 Å². The van der Waals surface area contributed by atoms with Crippen molar-refractivity contribution in [2.75, 3.05) is 11.1 Å². The van der Waals surface area contributed by atoms with Gasteiger partial charge in [0.1, 0.15) is 0 Å². The quantitative estimate of drug-likeness (QED) is 0.751. The maximum absolute atomic E-state index is 12.3. The standard InChI is InChI=1S/C14H19F3N2OS/c1-2-5-10(18)8-13(20)19-11-6-3-4-7-12(11)21-9-14(15,16)17/h3-4,6-7,10H,2,5,8-9,18H2,1H3,(H,19,20). The van der Waals surface area contributed by atoms with E-state index in [0.717, 1.165) is 12.8 Å². The molecule has 0 saturated heterocycles. The van der Waals surface area contributed by atoms with Crippen molar-refractivity contribution in [2.45, 2.75) is 43.3 Å². The Labute approximate surface area is 126 Å². The number of carbonyl (C=O) groups is 1. The van der Waals surface area contributed by atoms with Crippen LogP contribution in [0.4, 0.5) is 18.9 Å². The number of alkyl halides is 3. The van der Waals surface area contributed by atoms with Crippen LogP contribution in [-0.4, -0.2) is 23.9 Å². The van der Waals surface area contributed by atoms with Gasteiger partial charge in [0.25, 0.3) is 0 Å². The van der Waals surface area contributed by atoms with E-state index in [1.165, 1.54) is 0 Å². The molecule has 0 fully saturated rings. The SMILES string of the molecule is CCCC(N)CC(=O)Nc1ccccc1SCC(F)(F)F. The highest BCUT2D eigenvalue weighted by molar-refractivity contribution is 7.99. The number of hydrogen-bond acceptors (Lipinski definition) is 3. The van der Waals surface area contributed by atoms with Crippen molar-refractivity contribution in [2.24, 2.45) is 5.73 Å². The van der Waals surface area contributed by atoms with Gasteiger partial charge < -0.3 is 11.1 Å². The Balaban J connectivity index is 2.64. The summed E-state index contributed by atoms with van der Waals surface area (Å²) in [6, 6.07) is 6.21. The second-order valence-corrected chi connectivity index (χ2v) is 5.72. The fraction of sp³-hybridized carbons (Fsp3) is 0.500. The average Bonchev–Trinajstić information content (AvgIpc) is 2.36. The Kier molecular flexibility index (Phi) is 7.04. The lowest BCUT2D eigenvalue weighted by Gasteiger charge is -2.14. The normalized spacial score (nSPS) is 13.0. The molecule has 1 aromatic carbocycles. The third-order valence-corrected chi connectivity index (χ3v) is 3.80. The van der Waals surface area contributed by atoms with Crippen molar-refractivity contribution in [1.82, 2.24) is 0 Å². The van der Waals surface area contributed by atoms with Crippen LogP contribution in [0.3, 0.4) is 0 Å². The number of nitrogens with one attached hydrogen (secondary N) is 1. The van der Waals surface area contributed by atoms with Gasteiger partial charge in [0.2, 0.25) is 5.91 Å². The summed E-state index contributed by atoms with van der Waals surface area (Å²) in [5.41, 5.74) is 6.17. The van der Waals surface area contributed by atoms with E-state index in [1.54, 1.807) is 24.3 Å². The van der Waals surface area contributed by atoms with Crippen LogP contribution in [-0.2, 0) is 4.79 Å². The highest BCUT2D eigenvalue weighted by Gasteiger charge is 2.27. The van der Waals surface area contributed by atoms with Gasteiger partial charge in [-0.2, -0.15) is 13.2 Å². The lowest BCUT2D eigenvalue weighted by molar-refractivity contribution is -0.116. The van der Waals surface area contributed by atoms with Crippen molar-refractivity contribution in [3.8, 4) is 0 Å². The molecule has 21 heavy (non-hydrogen) atoms. The second-order valence-electron chi connectivity index (χ2n) is 4.70. The molecule has 1 rings (SSSR count). The smallest absolute Gasteiger partial charge is 0.327 e. The largest absolute Gasteiger partial charge is 0.398 e. The van der Waals surface area contributed by atoms with Gasteiger partial charge in [0, 0.05) is 17.4 Å². The Morgan fingerprint density at radius 2 is 2.05 bits per heavy atom. The third kappa shape index (κ3) is 7.38. The van der Waals surface area contributed by atoms with Crippen LogP contribution in [0.1, 0.15) is 26.2 Å². The van der Waals surface area contributed by atoms with Crippen molar-refractivity contribution in [1.29, 1.82) is 0 Å². The minimum absolute atomic E-state index is 0.159. The van der Waals surface area contributed by atoms with Crippen LogP contribution < -0.4 is 11.1 Å². The lowest BCUT2D eigenvalue weighted by atomic mass is 10.1. The fourth-order valence-corrected chi connectivity index (χ4v) is 2.54. The van der Waals surface area contributed by atoms with E-state index in [1.807, 2.05) is 6.92 Å². The first-order chi connectivity index (χ1) is 9.81. The first kappa shape index (κ1) is 17.8. The molecule has 118 valence electrons. The molecule has 1 atom stereocenters. The van der Waals surface area contributed by atoms with Crippen molar-refractivity contribution < 1.29 is 18.0 Å². The van der Waals surface area contributed by atoms with E-state index in [9.17, 15) is 18.0 Å². The topological polar surface area (TPSA) is 55.1 Å². The molecule has 0 aliphatic heterocycles. The summed E-state index contributed by atoms with van der Waals surface area (Å²) in [6.45, 7) is 1.97. The summed E-state index contributed by atoms with van der Waals surface area (Å²) < 4.78 is 36.8. The van der Waals surface area contributed by atoms with Crippen molar-refractivity contribution >= 4 is 23.4 Å². The maximum Gasteiger partial charge on any atom is 0.398 e. The van der Waals surface area contributed by atoms with E-state index in [0.29, 0.717) is 22.3 Å². The predicted molar refractivity (Wildman–Crippen MR) is 79.4 cm³/mol. The minimum atomic E-state index is -4.24. The number of rotatable bonds is 7. The molecule has 3 nitrogen and oxygen atoms in total. The number of para-hydroxylation sites is 1. The minimum Gasteiger partial charge on any atom is -0.327 e. The molecule has 1 aromatic rings. The molecule has 0 radical (unpaired) electrons. The molecule has 1 unspecified atom stereocenters. The molecule has 7 heteroatoms. The van der Waals surface area contributed by atoms with Crippen molar-refractivity contribution in [3.63, 3.8) is 0 Å². The monoisotopic (exact) mass is 320 g/mol. The zero-order valence-electron chi connectivity index (χ0n) is 11.7. The van der Waals surface area contributed by atoms with Gasteiger partial charge in [-0.05, 0) is 18.6 Å². The third-order valence-electron chi connectivity index (χ3n) is 2.66. The molecule has 0 saturated carbocycles. The van der Waals surface area contributed by atoms with Gasteiger partial charge in [-0.25, -0.2) is 0 Å². The van der Waals surface area contributed by atoms with Gasteiger partial charge in [0.15, 0.2) is 0 Å². The number of hydrogen-bond donors (Lipinski definition) is 2. The number of benzene rings is 1. The number of nitrogens with two attached hydrogens (primary N) is 1. The first-order valence-corrected chi connectivity index (χ1v) is 7.64. The number of carbonyl (C=O) groups excluding carboxylic acids is 1. The molecule has 1 amide bonds. The van der Waals surface area contributed by atoms with Gasteiger partial charge in [0.05, 0.1) is 11.4 Å². The highest BCUT2D eigenvalue weighted by atomic mass is 32.2. The molecule has 0 heterocycles. The zero-order chi connectivity index (χ0) is 15.9. The number of anilines is 1. The maximum atomic E-state index is 12.3. The Bertz CT molecular complexity index is 466. The summed E-state index contributed by atoms with van der Waals surface area (Å²) in [7, 11) is 0. The van der Waals surface area contributed by atoms with E-state index < -0.39 is 11.9 Å². The summed E-state index contributed by atoms with van der Waals surface area (Å²) in [4.78, 5) is 12.2. The average molecular weight is 320 g/mol. The molecular formula is C14H19F3N2OS. The fourth-order valence-electron chi connectivity index (χ4n) is 1.77. The molecule has 0 bridgehead atoms.